The highest BCUT2D eigenvalue weighted by Gasteiger charge is 2.13. The van der Waals surface area contributed by atoms with Crippen molar-refractivity contribution in [3.8, 4) is 0 Å². The number of pyridine rings is 1. The molecule has 1 aliphatic heterocycles. The summed E-state index contributed by atoms with van der Waals surface area (Å²) in [4.78, 5) is 4.36. The van der Waals surface area contributed by atoms with Gasteiger partial charge in [0.15, 0.2) is 0 Å². The SMILES string of the molecule is c1cc(NCC2CCNCC2)c2sccc2n1. The number of piperidine rings is 1. The van der Waals surface area contributed by atoms with Crippen molar-refractivity contribution in [1.82, 2.24) is 10.3 Å². The van der Waals surface area contributed by atoms with Gasteiger partial charge in [-0.05, 0) is 49.4 Å². The lowest BCUT2D eigenvalue weighted by atomic mass is 9.98. The minimum Gasteiger partial charge on any atom is -0.384 e. The van der Waals surface area contributed by atoms with E-state index in [-0.39, 0.29) is 0 Å². The van der Waals surface area contributed by atoms with Crippen molar-refractivity contribution in [3.63, 3.8) is 0 Å². The molecule has 90 valence electrons. The van der Waals surface area contributed by atoms with E-state index in [4.69, 9.17) is 0 Å². The number of rotatable bonds is 3. The van der Waals surface area contributed by atoms with Crippen LogP contribution in [0.15, 0.2) is 23.7 Å². The lowest BCUT2D eigenvalue weighted by Gasteiger charge is -2.23. The van der Waals surface area contributed by atoms with Crippen molar-refractivity contribution in [3.05, 3.63) is 23.7 Å². The summed E-state index contributed by atoms with van der Waals surface area (Å²) in [5, 5.41) is 9.09. The largest absolute Gasteiger partial charge is 0.384 e. The van der Waals surface area contributed by atoms with Gasteiger partial charge in [-0.25, -0.2) is 0 Å². The zero-order valence-electron chi connectivity index (χ0n) is 9.78. The monoisotopic (exact) mass is 247 g/mol. The fraction of sp³-hybridized carbons (Fsp3) is 0.462. The van der Waals surface area contributed by atoms with Crippen LogP contribution in [0.5, 0.6) is 0 Å². The Labute approximate surface area is 105 Å². The summed E-state index contributed by atoms with van der Waals surface area (Å²) in [6, 6.07) is 4.16. The van der Waals surface area contributed by atoms with Crippen molar-refractivity contribution in [1.29, 1.82) is 0 Å². The molecule has 2 aromatic heterocycles. The van der Waals surface area contributed by atoms with Crippen LogP contribution in [-0.2, 0) is 0 Å². The molecule has 3 heterocycles. The summed E-state index contributed by atoms with van der Waals surface area (Å²) in [6.07, 6.45) is 4.46. The van der Waals surface area contributed by atoms with Gasteiger partial charge < -0.3 is 10.6 Å². The van der Waals surface area contributed by atoms with Crippen molar-refractivity contribution in [2.24, 2.45) is 5.92 Å². The third-order valence-corrected chi connectivity index (χ3v) is 4.32. The van der Waals surface area contributed by atoms with Crippen LogP contribution < -0.4 is 10.6 Å². The van der Waals surface area contributed by atoms with Gasteiger partial charge in [0, 0.05) is 12.7 Å². The molecule has 0 aliphatic carbocycles. The molecule has 2 N–H and O–H groups in total. The highest BCUT2D eigenvalue weighted by molar-refractivity contribution is 7.17. The van der Waals surface area contributed by atoms with Crippen LogP contribution in [0.2, 0.25) is 0 Å². The molecule has 3 nitrogen and oxygen atoms in total. The number of nitrogens with one attached hydrogen (secondary N) is 2. The van der Waals surface area contributed by atoms with Gasteiger partial charge in [-0.15, -0.1) is 11.3 Å². The predicted molar refractivity (Wildman–Crippen MR) is 73.7 cm³/mol. The molecule has 3 rings (SSSR count). The Morgan fingerprint density at radius 2 is 2.24 bits per heavy atom. The topological polar surface area (TPSA) is 37.0 Å². The van der Waals surface area contributed by atoms with Gasteiger partial charge in [0.05, 0.1) is 15.9 Å². The number of aromatic nitrogens is 1. The number of hydrogen-bond donors (Lipinski definition) is 2. The lowest BCUT2D eigenvalue weighted by Crippen LogP contribution is -2.31. The van der Waals surface area contributed by atoms with E-state index in [0.29, 0.717) is 0 Å². The van der Waals surface area contributed by atoms with Crippen molar-refractivity contribution in [2.75, 3.05) is 25.0 Å². The van der Waals surface area contributed by atoms with E-state index < -0.39 is 0 Å². The van der Waals surface area contributed by atoms with Gasteiger partial charge in [-0.1, -0.05) is 0 Å². The van der Waals surface area contributed by atoms with Gasteiger partial charge >= 0.3 is 0 Å². The third kappa shape index (κ3) is 2.42. The Morgan fingerprint density at radius 3 is 3.12 bits per heavy atom. The number of hydrogen-bond acceptors (Lipinski definition) is 4. The van der Waals surface area contributed by atoms with E-state index in [1.165, 1.54) is 23.2 Å². The second-order valence-electron chi connectivity index (χ2n) is 4.57. The minimum absolute atomic E-state index is 0.805. The van der Waals surface area contributed by atoms with Gasteiger partial charge in [0.25, 0.3) is 0 Å². The molecule has 1 aliphatic rings. The maximum absolute atomic E-state index is 4.36. The van der Waals surface area contributed by atoms with Gasteiger partial charge in [-0.2, -0.15) is 0 Å². The zero-order chi connectivity index (χ0) is 11.5. The zero-order valence-corrected chi connectivity index (χ0v) is 10.6. The molecule has 0 saturated carbocycles. The Morgan fingerprint density at radius 1 is 1.35 bits per heavy atom. The molecule has 0 amide bonds. The summed E-state index contributed by atoms with van der Waals surface area (Å²) < 4.78 is 1.28. The van der Waals surface area contributed by atoms with Gasteiger partial charge in [0.1, 0.15) is 0 Å². The van der Waals surface area contributed by atoms with E-state index in [1.807, 2.05) is 6.20 Å². The van der Waals surface area contributed by atoms with Crippen molar-refractivity contribution < 1.29 is 0 Å². The molecule has 1 fully saturated rings. The highest BCUT2D eigenvalue weighted by Crippen LogP contribution is 2.27. The number of anilines is 1. The van der Waals surface area contributed by atoms with Crippen molar-refractivity contribution in [2.45, 2.75) is 12.8 Å². The van der Waals surface area contributed by atoms with E-state index >= 15 is 0 Å². The minimum atomic E-state index is 0.805. The molecule has 17 heavy (non-hydrogen) atoms. The molecular weight excluding hydrogens is 230 g/mol. The van der Waals surface area contributed by atoms with Crippen LogP contribution in [0.25, 0.3) is 10.2 Å². The lowest BCUT2D eigenvalue weighted by molar-refractivity contribution is 0.390. The standard InChI is InChI=1S/C13H17N3S/c1-5-14-6-2-10(1)9-16-11-3-7-15-12-4-8-17-13(11)12/h3-4,7-8,10,14H,1-2,5-6,9H2,(H,15,16). The average Bonchev–Trinajstić information content (AvgIpc) is 2.86. The summed E-state index contributed by atoms with van der Waals surface area (Å²) in [5.74, 6) is 0.805. The van der Waals surface area contributed by atoms with Crippen LogP contribution in [0.1, 0.15) is 12.8 Å². The van der Waals surface area contributed by atoms with Crippen LogP contribution in [0.4, 0.5) is 5.69 Å². The maximum atomic E-state index is 4.36. The predicted octanol–water partition coefficient (Wildman–Crippen LogP) is 2.71. The first-order valence-corrected chi connectivity index (χ1v) is 7.08. The van der Waals surface area contributed by atoms with E-state index in [2.05, 4.69) is 33.1 Å². The quantitative estimate of drug-likeness (QED) is 0.875. The first-order valence-electron chi connectivity index (χ1n) is 6.20. The molecule has 0 radical (unpaired) electrons. The van der Waals surface area contributed by atoms with Crippen LogP contribution in [0, 0.1) is 5.92 Å². The molecule has 0 bridgehead atoms. The third-order valence-electron chi connectivity index (χ3n) is 3.38. The Hall–Kier alpha value is -1.13. The number of thiophene rings is 1. The molecule has 0 unspecified atom stereocenters. The molecule has 0 atom stereocenters. The second kappa shape index (κ2) is 5.02. The summed E-state index contributed by atoms with van der Waals surface area (Å²) in [5.41, 5.74) is 2.34. The fourth-order valence-corrected chi connectivity index (χ4v) is 3.19. The summed E-state index contributed by atoms with van der Waals surface area (Å²) in [7, 11) is 0. The van der Waals surface area contributed by atoms with Crippen molar-refractivity contribution >= 4 is 27.2 Å². The molecule has 1 saturated heterocycles. The number of fused-ring (bicyclic) bond motifs is 1. The average molecular weight is 247 g/mol. The first kappa shape index (κ1) is 11.0. The second-order valence-corrected chi connectivity index (χ2v) is 5.48. The van der Waals surface area contributed by atoms with Gasteiger partial charge in [-0.3, -0.25) is 4.98 Å². The van der Waals surface area contributed by atoms with E-state index in [9.17, 15) is 0 Å². The fourth-order valence-electron chi connectivity index (χ4n) is 2.35. The molecule has 0 aromatic carbocycles. The summed E-state index contributed by atoms with van der Waals surface area (Å²) >= 11 is 1.76. The molecular formula is C13H17N3S. The van der Waals surface area contributed by atoms with E-state index in [1.54, 1.807) is 11.3 Å². The van der Waals surface area contributed by atoms with Crippen LogP contribution in [-0.4, -0.2) is 24.6 Å². The van der Waals surface area contributed by atoms with Crippen LogP contribution in [0.3, 0.4) is 0 Å². The first-order chi connectivity index (χ1) is 8.43. The van der Waals surface area contributed by atoms with Gasteiger partial charge in [0.2, 0.25) is 0 Å². The van der Waals surface area contributed by atoms with E-state index in [0.717, 1.165) is 31.1 Å². The number of nitrogens with zero attached hydrogens (tertiary/aromatic N) is 1. The Kier molecular flexibility index (Phi) is 3.25. The maximum Gasteiger partial charge on any atom is 0.0830 e. The normalized spacial score (nSPS) is 17.4. The smallest absolute Gasteiger partial charge is 0.0830 e. The molecule has 4 heteroatoms. The molecule has 0 spiro atoms. The molecule has 2 aromatic rings. The highest BCUT2D eigenvalue weighted by atomic mass is 32.1. The van der Waals surface area contributed by atoms with Crippen LogP contribution >= 0.6 is 11.3 Å². The Balaban J connectivity index is 1.69. The Bertz CT molecular complexity index is 488. The summed E-state index contributed by atoms with van der Waals surface area (Å²) in [6.45, 7) is 3.41.